The van der Waals surface area contributed by atoms with Crippen molar-refractivity contribution in [3.05, 3.63) is 18.2 Å². The van der Waals surface area contributed by atoms with Crippen molar-refractivity contribution < 1.29 is 0 Å². The van der Waals surface area contributed by atoms with Gasteiger partial charge in [-0.1, -0.05) is 0 Å². The van der Waals surface area contributed by atoms with Gasteiger partial charge in [-0.25, -0.2) is 4.98 Å². The first-order valence-electron chi connectivity index (χ1n) is 5.33. The maximum absolute atomic E-state index is 4.24. The standard InChI is InChI=1S/C11H19N3/c1-11(2,12-3)10-6-13-8-14(10)7-9-4-5-9/h6,8-9,12H,4-5,7H2,1-3H3. The van der Waals surface area contributed by atoms with Crippen LogP contribution in [-0.2, 0) is 12.1 Å². The van der Waals surface area contributed by atoms with Crippen molar-refractivity contribution in [2.24, 2.45) is 5.92 Å². The number of rotatable bonds is 4. The quantitative estimate of drug-likeness (QED) is 0.789. The van der Waals surface area contributed by atoms with E-state index in [0.717, 1.165) is 12.5 Å². The Labute approximate surface area is 85.5 Å². The normalized spacial score (nSPS) is 17.4. The Kier molecular flexibility index (Phi) is 2.35. The zero-order chi connectivity index (χ0) is 10.2. The summed E-state index contributed by atoms with van der Waals surface area (Å²) in [6, 6.07) is 0. The SMILES string of the molecule is CNC(C)(C)c1cncn1CC1CC1. The maximum atomic E-state index is 4.24. The first-order chi connectivity index (χ1) is 6.63. The van der Waals surface area contributed by atoms with Gasteiger partial charge in [0.15, 0.2) is 0 Å². The van der Waals surface area contributed by atoms with Gasteiger partial charge in [-0.05, 0) is 39.7 Å². The van der Waals surface area contributed by atoms with Crippen LogP contribution in [0.15, 0.2) is 12.5 Å². The zero-order valence-electron chi connectivity index (χ0n) is 9.25. The molecule has 1 aliphatic carbocycles. The lowest BCUT2D eigenvalue weighted by Gasteiger charge is -2.25. The Morgan fingerprint density at radius 2 is 2.29 bits per heavy atom. The van der Waals surface area contributed by atoms with Crippen LogP contribution in [-0.4, -0.2) is 16.6 Å². The molecular weight excluding hydrogens is 174 g/mol. The van der Waals surface area contributed by atoms with Crippen molar-refractivity contribution >= 4 is 0 Å². The predicted octanol–water partition coefficient (Wildman–Crippen LogP) is 1.75. The van der Waals surface area contributed by atoms with Crippen LogP contribution in [0.5, 0.6) is 0 Å². The molecule has 0 atom stereocenters. The lowest BCUT2D eigenvalue weighted by atomic mass is 10.0. The number of imidazole rings is 1. The van der Waals surface area contributed by atoms with Crippen LogP contribution in [0.2, 0.25) is 0 Å². The third kappa shape index (κ3) is 1.82. The second-order valence-electron chi connectivity index (χ2n) is 4.75. The van der Waals surface area contributed by atoms with Crippen LogP contribution < -0.4 is 5.32 Å². The number of hydrogen-bond acceptors (Lipinski definition) is 2. The van der Waals surface area contributed by atoms with Crippen molar-refractivity contribution in [3.63, 3.8) is 0 Å². The highest BCUT2D eigenvalue weighted by Gasteiger charge is 2.26. The molecule has 2 rings (SSSR count). The zero-order valence-corrected chi connectivity index (χ0v) is 9.25. The highest BCUT2D eigenvalue weighted by molar-refractivity contribution is 5.11. The van der Waals surface area contributed by atoms with Crippen molar-refractivity contribution in [1.29, 1.82) is 0 Å². The van der Waals surface area contributed by atoms with Crippen LogP contribution in [0, 0.1) is 5.92 Å². The summed E-state index contributed by atoms with van der Waals surface area (Å²) in [5, 5.41) is 3.32. The van der Waals surface area contributed by atoms with Crippen molar-refractivity contribution in [3.8, 4) is 0 Å². The average Bonchev–Trinajstić information content (AvgIpc) is 2.81. The molecule has 0 aliphatic heterocycles. The molecule has 0 amide bonds. The van der Waals surface area contributed by atoms with Crippen molar-refractivity contribution in [2.75, 3.05) is 7.05 Å². The molecule has 78 valence electrons. The van der Waals surface area contributed by atoms with Gasteiger partial charge in [-0.3, -0.25) is 0 Å². The number of aromatic nitrogens is 2. The lowest BCUT2D eigenvalue weighted by molar-refractivity contribution is 0.403. The molecule has 14 heavy (non-hydrogen) atoms. The number of nitrogens with zero attached hydrogens (tertiary/aromatic N) is 2. The molecule has 0 bridgehead atoms. The molecule has 3 heteroatoms. The monoisotopic (exact) mass is 193 g/mol. The van der Waals surface area contributed by atoms with Gasteiger partial charge in [0.1, 0.15) is 0 Å². The van der Waals surface area contributed by atoms with E-state index in [1.165, 1.54) is 18.5 Å². The van der Waals surface area contributed by atoms with Gasteiger partial charge in [-0.15, -0.1) is 0 Å². The topological polar surface area (TPSA) is 29.9 Å². The third-order valence-electron chi connectivity index (χ3n) is 3.13. The average molecular weight is 193 g/mol. The molecule has 1 aromatic rings. The summed E-state index contributed by atoms with van der Waals surface area (Å²) in [4.78, 5) is 4.24. The van der Waals surface area contributed by atoms with Crippen LogP contribution in [0.25, 0.3) is 0 Å². The summed E-state index contributed by atoms with van der Waals surface area (Å²) < 4.78 is 2.29. The van der Waals surface area contributed by atoms with Gasteiger partial charge in [0.05, 0.1) is 17.6 Å². The molecule has 1 aromatic heterocycles. The molecule has 0 unspecified atom stereocenters. The molecule has 1 fully saturated rings. The minimum atomic E-state index is 0.0192. The second kappa shape index (κ2) is 3.39. The van der Waals surface area contributed by atoms with Crippen LogP contribution in [0.1, 0.15) is 32.4 Å². The predicted molar refractivity (Wildman–Crippen MR) is 57.0 cm³/mol. The number of nitrogens with one attached hydrogen (secondary N) is 1. The van der Waals surface area contributed by atoms with E-state index in [2.05, 4.69) is 28.7 Å². The van der Waals surface area contributed by atoms with E-state index in [4.69, 9.17) is 0 Å². The van der Waals surface area contributed by atoms with Crippen LogP contribution in [0.3, 0.4) is 0 Å². The molecular formula is C11H19N3. The molecule has 0 aromatic carbocycles. The summed E-state index contributed by atoms with van der Waals surface area (Å²) in [5.74, 6) is 0.899. The molecule has 0 radical (unpaired) electrons. The fourth-order valence-corrected chi connectivity index (χ4v) is 1.69. The van der Waals surface area contributed by atoms with Gasteiger partial charge in [-0.2, -0.15) is 0 Å². The molecule has 1 heterocycles. The van der Waals surface area contributed by atoms with E-state index < -0.39 is 0 Å². The van der Waals surface area contributed by atoms with E-state index in [1.54, 1.807) is 0 Å². The van der Waals surface area contributed by atoms with Gasteiger partial charge in [0, 0.05) is 12.7 Å². The summed E-state index contributed by atoms with van der Waals surface area (Å²) in [6.07, 6.45) is 6.70. The molecule has 1 N–H and O–H groups in total. The Morgan fingerprint density at radius 3 is 2.86 bits per heavy atom. The summed E-state index contributed by atoms with van der Waals surface area (Å²) in [5.41, 5.74) is 1.30. The van der Waals surface area contributed by atoms with Crippen LogP contribution >= 0.6 is 0 Å². The Hall–Kier alpha value is -0.830. The lowest BCUT2D eigenvalue weighted by Crippen LogP contribution is -2.35. The van der Waals surface area contributed by atoms with Crippen LogP contribution in [0.4, 0.5) is 0 Å². The molecule has 0 spiro atoms. The van der Waals surface area contributed by atoms with E-state index in [-0.39, 0.29) is 5.54 Å². The highest BCUT2D eigenvalue weighted by atomic mass is 15.1. The first kappa shape index (κ1) is 9.71. The summed E-state index contributed by atoms with van der Waals surface area (Å²) in [7, 11) is 1.99. The van der Waals surface area contributed by atoms with Crippen molar-refractivity contribution in [2.45, 2.75) is 38.8 Å². The molecule has 3 nitrogen and oxygen atoms in total. The van der Waals surface area contributed by atoms with E-state index in [1.807, 2.05) is 19.6 Å². The van der Waals surface area contributed by atoms with Crippen molar-refractivity contribution in [1.82, 2.24) is 14.9 Å². The Morgan fingerprint density at radius 1 is 1.57 bits per heavy atom. The summed E-state index contributed by atoms with van der Waals surface area (Å²) in [6.45, 7) is 5.52. The number of hydrogen-bond donors (Lipinski definition) is 1. The summed E-state index contributed by atoms with van der Waals surface area (Å²) >= 11 is 0. The fraction of sp³-hybridized carbons (Fsp3) is 0.727. The van der Waals surface area contributed by atoms with Gasteiger partial charge in [0.2, 0.25) is 0 Å². The third-order valence-corrected chi connectivity index (χ3v) is 3.13. The van der Waals surface area contributed by atoms with E-state index >= 15 is 0 Å². The van der Waals surface area contributed by atoms with Gasteiger partial charge >= 0.3 is 0 Å². The minimum absolute atomic E-state index is 0.0192. The van der Waals surface area contributed by atoms with E-state index in [9.17, 15) is 0 Å². The maximum Gasteiger partial charge on any atom is 0.0948 e. The molecule has 1 saturated carbocycles. The Balaban J connectivity index is 2.19. The largest absolute Gasteiger partial charge is 0.333 e. The first-order valence-corrected chi connectivity index (χ1v) is 5.33. The molecule has 1 aliphatic rings. The highest BCUT2D eigenvalue weighted by Crippen LogP contribution is 2.32. The Bertz CT molecular complexity index is 310. The van der Waals surface area contributed by atoms with Gasteiger partial charge in [0.25, 0.3) is 0 Å². The fourth-order valence-electron chi connectivity index (χ4n) is 1.69. The minimum Gasteiger partial charge on any atom is -0.333 e. The van der Waals surface area contributed by atoms with Gasteiger partial charge < -0.3 is 9.88 Å². The van der Waals surface area contributed by atoms with E-state index in [0.29, 0.717) is 0 Å². The second-order valence-corrected chi connectivity index (χ2v) is 4.75. The smallest absolute Gasteiger partial charge is 0.0948 e. The molecule has 0 saturated heterocycles.